The van der Waals surface area contributed by atoms with Crippen LogP contribution in [0, 0.1) is 0 Å². The standard InChI is InChI=1S/C24H46N2O/c1-4-6-7-8-9-10-11-12-13-14-15-16-17-23(27)18-19-24(3,5-2)26-21-20-25-22-26/h18,22,27H,4-17,19-21H2,1-3H3. The fourth-order valence-corrected chi connectivity index (χ4v) is 3.84. The maximum atomic E-state index is 10.2. The zero-order valence-electron chi connectivity index (χ0n) is 18.5. The molecule has 1 aliphatic rings. The van der Waals surface area contributed by atoms with E-state index < -0.39 is 0 Å². The molecular formula is C24H46N2O. The summed E-state index contributed by atoms with van der Waals surface area (Å²) < 4.78 is 0. The molecule has 158 valence electrons. The van der Waals surface area contributed by atoms with Gasteiger partial charge in [-0.15, -0.1) is 0 Å². The average molecular weight is 379 g/mol. The minimum atomic E-state index is 0.0878. The molecule has 1 rings (SSSR count). The Morgan fingerprint density at radius 2 is 1.52 bits per heavy atom. The smallest absolute Gasteiger partial charge is 0.0883 e. The van der Waals surface area contributed by atoms with Crippen molar-refractivity contribution in [1.29, 1.82) is 0 Å². The summed E-state index contributed by atoms with van der Waals surface area (Å²) in [5.74, 6) is 0.581. The van der Waals surface area contributed by atoms with E-state index in [1.807, 2.05) is 12.4 Å². The Morgan fingerprint density at radius 3 is 2.00 bits per heavy atom. The predicted molar refractivity (Wildman–Crippen MR) is 120 cm³/mol. The molecule has 1 atom stereocenters. The molecule has 1 unspecified atom stereocenters. The van der Waals surface area contributed by atoms with Crippen LogP contribution < -0.4 is 0 Å². The summed E-state index contributed by atoms with van der Waals surface area (Å²) in [4.78, 5) is 6.67. The summed E-state index contributed by atoms with van der Waals surface area (Å²) in [5, 5.41) is 10.2. The number of hydrogen-bond donors (Lipinski definition) is 1. The van der Waals surface area contributed by atoms with Crippen molar-refractivity contribution in [2.45, 2.75) is 123 Å². The van der Waals surface area contributed by atoms with Gasteiger partial charge in [0.2, 0.25) is 0 Å². The molecule has 0 aliphatic carbocycles. The van der Waals surface area contributed by atoms with Gasteiger partial charge >= 0.3 is 0 Å². The molecule has 0 spiro atoms. The summed E-state index contributed by atoms with van der Waals surface area (Å²) in [6.45, 7) is 8.70. The molecule has 1 aliphatic heterocycles. The van der Waals surface area contributed by atoms with Crippen LogP contribution in [-0.4, -0.2) is 35.0 Å². The van der Waals surface area contributed by atoms with Crippen molar-refractivity contribution in [2.24, 2.45) is 4.99 Å². The number of aliphatic hydroxyl groups is 1. The van der Waals surface area contributed by atoms with E-state index in [-0.39, 0.29) is 5.54 Å². The van der Waals surface area contributed by atoms with Crippen LogP contribution in [0.5, 0.6) is 0 Å². The van der Waals surface area contributed by atoms with Crippen LogP contribution in [0.2, 0.25) is 0 Å². The lowest BCUT2D eigenvalue weighted by molar-refractivity contribution is 0.206. The number of nitrogens with zero attached hydrogens (tertiary/aromatic N) is 2. The Kier molecular flexibility index (Phi) is 13.4. The van der Waals surface area contributed by atoms with Gasteiger partial charge in [-0.3, -0.25) is 4.99 Å². The zero-order chi connectivity index (χ0) is 19.8. The van der Waals surface area contributed by atoms with Crippen molar-refractivity contribution >= 4 is 6.34 Å². The highest BCUT2D eigenvalue weighted by atomic mass is 16.3. The van der Waals surface area contributed by atoms with Crippen molar-refractivity contribution in [3.8, 4) is 0 Å². The first-order valence-electron chi connectivity index (χ1n) is 11.8. The van der Waals surface area contributed by atoms with Crippen molar-refractivity contribution < 1.29 is 5.11 Å². The molecule has 0 radical (unpaired) electrons. The fourth-order valence-electron chi connectivity index (χ4n) is 3.84. The second-order valence-corrected chi connectivity index (χ2v) is 8.60. The van der Waals surface area contributed by atoms with Crippen molar-refractivity contribution in [2.75, 3.05) is 13.1 Å². The average Bonchev–Trinajstić information content (AvgIpc) is 3.22. The molecule has 27 heavy (non-hydrogen) atoms. The highest BCUT2D eigenvalue weighted by Gasteiger charge is 2.28. The Morgan fingerprint density at radius 1 is 0.963 bits per heavy atom. The molecule has 0 saturated heterocycles. The zero-order valence-corrected chi connectivity index (χ0v) is 18.5. The van der Waals surface area contributed by atoms with E-state index >= 15 is 0 Å². The predicted octanol–water partition coefficient (Wildman–Crippen LogP) is 7.42. The van der Waals surface area contributed by atoms with Gasteiger partial charge in [-0.05, 0) is 32.3 Å². The molecule has 3 nitrogen and oxygen atoms in total. The third kappa shape index (κ3) is 10.8. The van der Waals surface area contributed by atoms with E-state index in [0.717, 1.165) is 38.8 Å². The van der Waals surface area contributed by atoms with Gasteiger partial charge in [-0.2, -0.15) is 0 Å². The fraction of sp³-hybridized carbons (Fsp3) is 0.875. The van der Waals surface area contributed by atoms with E-state index in [0.29, 0.717) is 5.76 Å². The maximum absolute atomic E-state index is 10.2. The molecule has 1 heterocycles. The largest absolute Gasteiger partial charge is 0.513 e. The van der Waals surface area contributed by atoms with E-state index in [4.69, 9.17) is 0 Å². The Bertz CT molecular complexity index is 419. The van der Waals surface area contributed by atoms with Gasteiger partial charge < -0.3 is 10.0 Å². The summed E-state index contributed by atoms with van der Waals surface area (Å²) >= 11 is 0. The second-order valence-electron chi connectivity index (χ2n) is 8.60. The number of allylic oxidation sites excluding steroid dienone is 1. The Hall–Kier alpha value is -0.990. The number of unbranched alkanes of at least 4 members (excludes halogenated alkanes) is 11. The maximum Gasteiger partial charge on any atom is 0.0883 e. The third-order valence-corrected chi connectivity index (χ3v) is 6.21. The molecule has 0 aromatic carbocycles. The number of aliphatic hydroxyl groups excluding tert-OH is 1. The van der Waals surface area contributed by atoms with Gasteiger partial charge in [0.25, 0.3) is 0 Å². The molecule has 0 amide bonds. The minimum Gasteiger partial charge on any atom is -0.513 e. The molecular weight excluding hydrogens is 332 g/mol. The van der Waals surface area contributed by atoms with Crippen molar-refractivity contribution in [3.63, 3.8) is 0 Å². The second kappa shape index (κ2) is 15.0. The van der Waals surface area contributed by atoms with Crippen LogP contribution in [-0.2, 0) is 0 Å². The third-order valence-electron chi connectivity index (χ3n) is 6.21. The molecule has 1 N–H and O–H groups in total. The minimum absolute atomic E-state index is 0.0878. The normalized spacial score (nSPS) is 16.9. The highest BCUT2D eigenvalue weighted by Crippen LogP contribution is 2.25. The summed E-state index contributed by atoms with van der Waals surface area (Å²) in [7, 11) is 0. The van der Waals surface area contributed by atoms with Crippen molar-refractivity contribution in [1.82, 2.24) is 4.90 Å². The van der Waals surface area contributed by atoms with Gasteiger partial charge in [0.15, 0.2) is 0 Å². The molecule has 0 aromatic heterocycles. The number of hydrogen-bond acceptors (Lipinski definition) is 3. The van der Waals surface area contributed by atoms with Crippen LogP contribution in [0.15, 0.2) is 16.8 Å². The van der Waals surface area contributed by atoms with Gasteiger partial charge in [-0.25, -0.2) is 0 Å². The highest BCUT2D eigenvalue weighted by molar-refractivity contribution is 5.58. The van der Waals surface area contributed by atoms with Crippen LogP contribution in [0.1, 0.15) is 117 Å². The molecule has 0 fully saturated rings. The van der Waals surface area contributed by atoms with Crippen molar-refractivity contribution in [3.05, 3.63) is 11.8 Å². The van der Waals surface area contributed by atoms with Gasteiger partial charge in [0.05, 0.1) is 18.6 Å². The van der Waals surface area contributed by atoms with Crippen LogP contribution in [0.4, 0.5) is 0 Å². The monoisotopic (exact) mass is 378 g/mol. The van der Waals surface area contributed by atoms with Gasteiger partial charge in [0, 0.05) is 18.5 Å². The number of aliphatic imine (C=N–C) groups is 1. The topological polar surface area (TPSA) is 35.8 Å². The lowest BCUT2D eigenvalue weighted by atomic mass is 9.92. The Balaban J connectivity index is 2.01. The number of rotatable bonds is 17. The van der Waals surface area contributed by atoms with Crippen LogP contribution in [0.3, 0.4) is 0 Å². The first kappa shape index (κ1) is 24.0. The Labute approximate surface area is 169 Å². The van der Waals surface area contributed by atoms with Crippen LogP contribution >= 0.6 is 0 Å². The van der Waals surface area contributed by atoms with Gasteiger partial charge in [0.1, 0.15) is 0 Å². The summed E-state index contributed by atoms with van der Waals surface area (Å²) in [6, 6.07) is 0. The van der Waals surface area contributed by atoms with E-state index in [2.05, 4.69) is 30.7 Å². The van der Waals surface area contributed by atoms with E-state index in [9.17, 15) is 5.11 Å². The van der Waals surface area contributed by atoms with Gasteiger partial charge in [-0.1, -0.05) is 84.5 Å². The molecule has 3 heteroatoms. The van der Waals surface area contributed by atoms with E-state index in [1.165, 1.54) is 70.6 Å². The lowest BCUT2D eigenvalue weighted by Crippen LogP contribution is -2.43. The molecule has 0 saturated carbocycles. The molecule has 0 bridgehead atoms. The van der Waals surface area contributed by atoms with E-state index in [1.54, 1.807) is 0 Å². The summed E-state index contributed by atoms with van der Waals surface area (Å²) in [5.41, 5.74) is 0.0878. The quantitative estimate of drug-likeness (QED) is 0.211. The molecule has 0 aromatic rings. The SMILES string of the molecule is CCCCCCCCCCCCCCC(O)=CCC(C)(CC)N1C=NCC1. The van der Waals surface area contributed by atoms with Crippen LogP contribution in [0.25, 0.3) is 0 Å². The first-order valence-corrected chi connectivity index (χ1v) is 11.8. The summed E-state index contributed by atoms with van der Waals surface area (Å²) in [6.07, 6.45) is 23.2. The first-order chi connectivity index (χ1) is 13.1. The lowest BCUT2D eigenvalue weighted by Gasteiger charge is -2.37.